The second kappa shape index (κ2) is 8.53. The number of methoxy groups -OCH3 is 1. The third kappa shape index (κ3) is 4.94. The predicted octanol–water partition coefficient (Wildman–Crippen LogP) is 1.21. The molecule has 0 N–H and O–H groups in total. The number of ether oxygens (including phenoxy) is 1. The van der Waals surface area contributed by atoms with Gasteiger partial charge in [-0.3, -0.25) is 9.69 Å². The van der Waals surface area contributed by atoms with Crippen LogP contribution in [-0.4, -0.2) is 61.6 Å². The van der Waals surface area contributed by atoms with Gasteiger partial charge in [0.25, 0.3) is 0 Å². The Balaban J connectivity index is 0.00000106. The van der Waals surface area contributed by atoms with Gasteiger partial charge < -0.3 is 9.64 Å². The highest BCUT2D eigenvalue weighted by atomic mass is 16.5. The summed E-state index contributed by atoms with van der Waals surface area (Å²) in [5.74, 6) is 0.224. The average molecular weight is 230 g/mol. The lowest BCUT2D eigenvalue weighted by atomic mass is 10.2. The zero-order valence-electron chi connectivity index (χ0n) is 11.3. The van der Waals surface area contributed by atoms with Crippen LogP contribution in [0, 0.1) is 0 Å². The molecule has 1 aliphatic rings. The maximum atomic E-state index is 11.6. The average Bonchev–Trinajstić information content (AvgIpc) is 2.30. The maximum absolute atomic E-state index is 11.6. The van der Waals surface area contributed by atoms with E-state index in [-0.39, 0.29) is 5.91 Å². The quantitative estimate of drug-likeness (QED) is 0.728. The van der Waals surface area contributed by atoms with Crippen molar-refractivity contribution in [2.45, 2.75) is 33.7 Å². The molecule has 16 heavy (non-hydrogen) atoms. The van der Waals surface area contributed by atoms with Gasteiger partial charge in [0, 0.05) is 32.8 Å². The van der Waals surface area contributed by atoms with Crippen LogP contribution in [0.5, 0.6) is 0 Å². The Morgan fingerprint density at radius 3 is 2.38 bits per heavy atom. The molecule has 0 bridgehead atoms. The van der Waals surface area contributed by atoms with Crippen molar-refractivity contribution >= 4 is 5.91 Å². The SMILES string of the molecule is CC.COCCN1CCN(C(C)C)CC1=O. The van der Waals surface area contributed by atoms with Crippen molar-refractivity contribution in [2.75, 3.05) is 39.9 Å². The Labute approximate surface area is 99.5 Å². The van der Waals surface area contributed by atoms with E-state index in [1.54, 1.807) is 7.11 Å². The van der Waals surface area contributed by atoms with Crippen molar-refractivity contribution in [3.8, 4) is 0 Å². The van der Waals surface area contributed by atoms with E-state index in [0.717, 1.165) is 19.6 Å². The highest BCUT2D eigenvalue weighted by Gasteiger charge is 2.24. The molecule has 96 valence electrons. The first-order chi connectivity index (χ1) is 7.65. The number of piperazine rings is 1. The summed E-state index contributed by atoms with van der Waals surface area (Å²) >= 11 is 0. The fourth-order valence-electron chi connectivity index (χ4n) is 1.61. The molecule has 0 aliphatic carbocycles. The van der Waals surface area contributed by atoms with Crippen LogP contribution in [0.3, 0.4) is 0 Å². The molecule has 1 rings (SSSR count). The Hall–Kier alpha value is -0.610. The summed E-state index contributed by atoms with van der Waals surface area (Å²) < 4.78 is 4.96. The van der Waals surface area contributed by atoms with Gasteiger partial charge in [0.1, 0.15) is 0 Å². The Kier molecular flexibility index (Phi) is 8.21. The number of nitrogens with zero attached hydrogens (tertiary/aromatic N) is 2. The minimum atomic E-state index is 0.224. The van der Waals surface area contributed by atoms with Crippen molar-refractivity contribution in [3.63, 3.8) is 0 Å². The molecule has 0 spiro atoms. The lowest BCUT2D eigenvalue weighted by Crippen LogP contribution is -2.52. The number of carbonyl (C=O) groups excluding carboxylic acids is 1. The van der Waals surface area contributed by atoms with Gasteiger partial charge in [0.15, 0.2) is 0 Å². The summed E-state index contributed by atoms with van der Waals surface area (Å²) in [6, 6.07) is 0.462. The number of amides is 1. The lowest BCUT2D eigenvalue weighted by Gasteiger charge is -2.36. The van der Waals surface area contributed by atoms with E-state index in [1.807, 2.05) is 18.7 Å². The van der Waals surface area contributed by atoms with Crippen molar-refractivity contribution < 1.29 is 9.53 Å². The third-order valence-electron chi connectivity index (χ3n) is 2.64. The fourth-order valence-corrected chi connectivity index (χ4v) is 1.61. The number of rotatable bonds is 4. The first kappa shape index (κ1) is 15.4. The number of hydrogen-bond donors (Lipinski definition) is 0. The standard InChI is InChI=1S/C10H20N2O2.C2H6/c1-9(2)12-5-4-11(6-7-14-3)10(13)8-12;1-2/h9H,4-8H2,1-3H3;1-2H3. The van der Waals surface area contributed by atoms with Crippen molar-refractivity contribution in [1.82, 2.24) is 9.80 Å². The van der Waals surface area contributed by atoms with E-state index >= 15 is 0 Å². The topological polar surface area (TPSA) is 32.8 Å². The van der Waals surface area contributed by atoms with E-state index < -0.39 is 0 Å². The van der Waals surface area contributed by atoms with Crippen molar-refractivity contribution in [1.29, 1.82) is 0 Å². The summed E-state index contributed by atoms with van der Waals surface area (Å²) in [4.78, 5) is 15.7. The summed E-state index contributed by atoms with van der Waals surface area (Å²) in [5.41, 5.74) is 0. The molecule has 0 aromatic heterocycles. The van der Waals surface area contributed by atoms with Crippen LogP contribution < -0.4 is 0 Å². The Morgan fingerprint density at radius 1 is 1.31 bits per heavy atom. The van der Waals surface area contributed by atoms with Gasteiger partial charge in [-0.15, -0.1) is 0 Å². The van der Waals surface area contributed by atoms with Gasteiger partial charge in [-0.25, -0.2) is 0 Å². The van der Waals surface area contributed by atoms with Gasteiger partial charge in [0.2, 0.25) is 5.91 Å². The van der Waals surface area contributed by atoms with Crippen LogP contribution in [0.25, 0.3) is 0 Å². The molecular formula is C12H26N2O2. The normalized spacial score (nSPS) is 17.4. The molecule has 1 fully saturated rings. The monoisotopic (exact) mass is 230 g/mol. The molecule has 0 aromatic rings. The summed E-state index contributed by atoms with van der Waals surface area (Å²) in [6.07, 6.45) is 0. The number of hydrogen-bond acceptors (Lipinski definition) is 3. The minimum Gasteiger partial charge on any atom is -0.383 e. The molecule has 0 unspecified atom stereocenters. The van der Waals surface area contributed by atoms with Gasteiger partial charge in [0.05, 0.1) is 13.2 Å². The van der Waals surface area contributed by atoms with E-state index in [2.05, 4.69) is 18.7 Å². The lowest BCUT2D eigenvalue weighted by molar-refractivity contribution is -0.137. The summed E-state index contributed by atoms with van der Waals surface area (Å²) in [6.45, 7) is 12.0. The second-order valence-corrected chi connectivity index (χ2v) is 3.94. The maximum Gasteiger partial charge on any atom is 0.236 e. The fraction of sp³-hybridized carbons (Fsp3) is 0.917. The molecular weight excluding hydrogens is 204 g/mol. The zero-order chi connectivity index (χ0) is 12.6. The first-order valence-electron chi connectivity index (χ1n) is 6.16. The van der Waals surface area contributed by atoms with Crippen LogP contribution in [0.2, 0.25) is 0 Å². The van der Waals surface area contributed by atoms with Gasteiger partial charge in [-0.1, -0.05) is 13.8 Å². The molecule has 1 amide bonds. The van der Waals surface area contributed by atoms with Crippen molar-refractivity contribution in [3.05, 3.63) is 0 Å². The third-order valence-corrected chi connectivity index (χ3v) is 2.64. The van der Waals surface area contributed by atoms with Gasteiger partial charge >= 0.3 is 0 Å². The van der Waals surface area contributed by atoms with E-state index in [0.29, 0.717) is 19.2 Å². The zero-order valence-corrected chi connectivity index (χ0v) is 11.3. The van der Waals surface area contributed by atoms with Crippen LogP contribution in [0.1, 0.15) is 27.7 Å². The van der Waals surface area contributed by atoms with E-state index in [1.165, 1.54) is 0 Å². The van der Waals surface area contributed by atoms with Crippen LogP contribution in [-0.2, 0) is 9.53 Å². The molecule has 1 heterocycles. The molecule has 1 saturated heterocycles. The molecule has 0 saturated carbocycles. The Bertz CT molecular complexity index is 195. The highest BCUT2D eigenvalue weighted by Crippen LogP contribution is 2.06. The molecule has 1 aliphatic heterocycles. The minimum absolute atomic E-state index is 0.224. The second-order valence-electron chi connectivity index (χ2n) is 3.94. The number of carbonyl (C=O) groups is 1. The highest BCUT2D eigenvalue weighted by molar-refractivity contribution is 5.79. The molecule has 4 heteroatoms. The summed E-state index contributed by atoms with van der Waals surface area (Å²) in [7, 11) is 1.66. The van der Waals surface area contributed by atoms with Gasteiger partial charge in [-0.05, 0) is 13.8 Å². The van der Waals surface area contributed by atoms with Crippen molar-refractivity contribution in [2.24, 2.45) is 0 Å². The van der Waals surface area contributed by atoms with E-state index in [4.69, 9.17) is 4.74 Å². The predicted molar refractivity (Wildman–Crippen MR) is 66.5 cm³/mol. The molecule has 4 nitrogen and oxygen atoms in total. The first-order valence-corrected chi connectivity index (χ1v) is 6.16. The van der Waals surface area contributed by atoms with Gasteiger partial charge in [-0.2, -0.15) is 0 Å². The largest absolute Gasteiger partial charge is 0.383 e. The molecule has 0 aromatic carbocycles. The van der Waals surface area contributed by atoms with Crippen LogP contribution in [0.4, 0.5) is 0 Å². The van der Waals surface area contributed by atoms with Crippen LogP contribution in [0.15, 0.2) is 0 Å². The van der Waals surface area contributed by atoms with E-state index in [9.17, 15) is 4.79 Å². The summed E-state index contributed by atoms with van der Waals surface area (Å²) in [5, 5.41) is 0. The molecule has 0 radical (unpaired) electrons. The van der Waals surface area contributed by atoms with Crippen LogP contribution >= 0.6 is 0 Å². The Morgan fingerprint density at radius 2 is 1.94 bits per heavy atom. The smallest absolute Gasteiger partial charge is 0.236 e. The molecule has 0 atom stereocenters.